The number of nitrogens with two attached hydrogens (primary N) is 1. The first kappa shape index (κ1) is 11.4. The Labute approximate surface area is 86.9 Å². The molecule has 0 aliphatic carbocycles. The molecule has 1 heterocycles. The number of nitrogens with one attached hydrogen (secondary N) is 2. The Bertz CT molecular complexity index is 297. The van der Waals surface area contributed by atoms with Gasteiger partial charge in [0.15, 0.2) is 0 Å². The lowest BCUT2D eigenvalue weighted by Gasteiger charge is -2.26. The van der Waals surface area contributed by atoms with Gasteiger partial charge < -0.3 is 5.32 Å². The number of carbonyl (C=O) groups is 3. The summed E-state index contributed by atoms with van der Waals surface area (Å²) in [4.78, 5) is 34.8. The van der Waals surface area contributed by atoms with Gasteiger partial charge in [0.1, 0.15) is 0 Å². The van der Waals surface area contributed by atoms with Crippen LogP contribution >= 0.6 is 0 Å². The first-order valence-corrected chi connectivity index (χ1v) is 4.48. The van der Waals surface area contributed by atoms with Crippen LogP contribution in [0.15, 0.2) is 0 Å². The molecular formula is C8H14N4O3. The van der Waals surface area contributed by atoms with E-state index in [1.54, 1.807) is 13.8 Å². The van der Waals surface area contributed by atoms with Crippen molar-refractivity contribution in [1.29, 1.82) is 0 Å². The maximum absolute atomic E-state index is 11.3. The molecule has 1 aliphatic heterocycles. The highest BCUT2D eigenvalue weighted by atomic mass is 16.2. The predicted molar refractivity (Wildman–Crippen MR) is 51.2 cm³/mol. The minimum atomic E-state index is -0.897. The van der Waals surface area contributed by atoms with Gasteiger partial charge >= 0.3 is 6.03 Å². The minimum Gasteiger partial charge on any atom is -0.329 e. The zero-order chi connectivity index (χ0) is 11.6. The Morgan fingerprint density at radius 3 is 2.60 bits per heavy atom. The second kappa shape index (κ2) is 3.85. The third-order valence-electron chi connectivity index (χ3n) is 2.24. The molecule has 0 spiro atoms. The number of carbonyl (C=O) groups excluding carboxylic acids is 3. The van der Waals surface area contributed by atoms with Crippen LogP contribution in [0, 0.1) is 5.41 Å². The molecule has 15 heavy (non-hydrogen) atoms. The molecule has 0 aromatic heterocycles. The highest BCUT2D eigenvalue weighted by molar-refractivity contribution is 6.02. The molecule has 7 heteroatoms. The van der Waals surface area contributed by atoms with Crippen LogP contribution in [-0.2, 0) is 9.59 Å². The third-order valence-corrected chi connectivity index (χ3v) is 2.24. The molecule has 4 amide bonds. The second-order valence-electron chi connectivity index (χ2n) is 4.00. The molecule has 1 aliphatic rings. The van der Waals surface area contributed by atoms with Crippen LogP contribution < -0.4 is 16.6 Å². The maximum Gasteiger partial charge on any atom is 0.324 e. The van der Waals surface area contributed by atoms with Crippen molar-refractivity contribution in [2.75, 3.05) is 13.1 Å². The molecule has 0 radical (unpaired) electrons. The lowest BCUT2D eigenvalue weighted by molar-refractivity contribution is -0.132. The molecule has 0 aromatic carbocycles. The highest BCUT2D eigenvalue weighted by Crippen LogP contribution is 2.18. The molecule has 0 bridgehead atoms. The lowest BCUT2D eigenvalue weighted by Crippen LogP contribution is -2.48. The van der Waals surface area contributed by atoms with Gasteiger partial charge in [-0.3, -0.25) is 19.9 Å². The summed E-state index contributed by atoms with van der Waals surface area (Å²) in [6, 6.07) is -0.474. The molecule has 4 N–H and O–H groups in total. The minimum absolute atomic E-state index is 0.0146. The molecule has 0 atom stereocenters. The fourth-order valence-corrected chi connectivity index (χ4v) is 1.28. The van der Waals surface area contributed by atoms with Crippen LogP contribution in [-0.4, -0.2) is 35.8 Å². The number of hydrogen-bond acceptors (Lipinski definition) is 4. The van der Waals surface area contributed by atoms with Crippen LogP contribution in [0.1, 0.15) is 13.8 Å². The van der Waals surface area contributed by atoms with Crippen molar-refractivity contribution in [1.82, 2.24) is 15.6 Å². The second-order valence-corrected chi connectivity index (χ2v) is 4.00. The van der Waals surface area contributed by atoms with Crippen molar-refractivity contribution in [2.24, 2.45) is 11.3 Å². The zero-order valence-corrected chi connectivity index (χ0v) is 8.66. The van der Waals surface area contributed by atoms with Gasteiger partial charge in [-0.2, -0.15) is 0 Å². The van der Waals surface area contributed by atoms with Crippen LogP contribution in [0.5, 0.6) is 0 Å². The molecule has 0 unspecified atom stereocenters. The molecule has 0 saturated carbocycles. The number of hydrogen-bond donors (Lipinski definition) is 3. The van der Waals surface area contributed by atoms with Crippen molar-refractivity contribution >= 4 is 17.8 Å². The smallest absolute Gasteiger partial charge is 0.324 e. The van der Waals surface area contributed by atoms with Crippen molar-refractivity contribution < 1.29 is 14.4 Å². The largest absolute Gasteiger partial charge is 0.329 e. The fraction of sp³-hybridized carbons (Fsp3) is 0.625. The summed E-state index contributed by atoms with van der Waals surface area (Å²) in [5, 5.41) is 2.37. The van der Waals surface area contributed by atoms with Crippen LogP contribution in [0.3, 0.4) is 0 Å². The van der Waals surface area contributed by atoms with Gasteiger partial charge in [-0.05, 0) is 13.8 Å². The van der Waals surface area contributed by atoms with E-state index in [0.717, 1.165) is 4.90 Å². The maximum atomic E-state index is 11.3. The van der Waals surface area contributed by atoms with Crippen LogP contribution in [0.25, 0.3) is 0 Å². The van der Waals surface area contributed by atoms with E-state index in [1.807, 2.05) is 5.43 Å². The summed E-state index contributed by atoms with van der Waals surface area (Å²) >= 11 is 0. The first-order chi connectivity index (χ1) is 6.88. The summed E-state index contributed by atoms with van der Waals surface area (Å²) in [5.74, 6) is 4.24. The number of hydrazine groups is 1. The molecule has 1 rings (SSSR count). The highest BCUT2D eigenvalue weighted by Gasteiger charge is 2.37. The normalized spacial score (nSPS) is 16.6. The summed E-state index contributed by atoms with van der Waals surface area (Å²) < 4.78 is 0. The Balaban J connectivity index is 2.72. The summed E-state index contributed by atoms with van der Waals surface area (Å²) in [5.41, 5.74) is 1.10. The van der Waals surface area contributed by atoms with E-state index in [4.69, 9.17) is 5.84 Å². The van der Waals surface area contributed by atoms with Gasteiger partial charge in [-0.25, -0.2) is 10.6 Å². The van der Waals surface area contributed by atoms with Crippen molar-refractivity contribution in [2.45, 2.75) is 13.8 Å². The lowest BCUT2D eigenvalue weighted by atomic mass is 9.92. The third kappa shape index (κ3) is 2.24. The molecule has 1 fully saturated rings. The Hall–Kier alpha value is -1.63. The number of nitrogens with zero attached hydrogens (tertiary/aromatic N) is 1. The van der Waals surface area contributed by atoms with Crippen LogP contribution in [0.4, 0.5) is 4.79 Å². The van der Waals surface area contributed by atoms with Gasteiger partial charge in [-0.15, -0.1) is 0 Å². The van der Waals surface area contributed by atoms with Gasteiger partial charge in [0.25, 0.3) is 0 Å². The van der Waals surface area contributed by atoms with Crippen LogP contribution in [0.2, 0.25) is 0 Å². The average Bonchev–Trinajstić information content (AvgIpc) is 2.47. The van der Waals surface area contributed by atoms with Crippen molar-refractivity contribution in [3.8, 4) is 0 Å². The van der Waals surface area contributed by atoms with E-state index >= 15 is 0 Å². The Kier molecular flexibility index (Phi) is 2.94. The van der Waals surface area contributed by atoms with E-state index in [2.05, 4.69) is 5.32 Å². The number of rotatable bonds is 3. The Morgan fingerprint density at radius 1 is 1.60 bits per heavy atom. The summed E-state index contributed by atoms with van der Waals surface area (Å²) in [6.07, 6.45) is 0. The van der Waals surface area contributed by atoms with E-state index in [9.17, 15) is 14.4 Å². The number of amides is 4. The number of imide groups is 1. The van der Waals surface area contributed by atoms with E-state index in [-0.39, 0.29) is 19.0 Å². The zero-order valence-electron chi connectivity index (χ0n) is 8.66. The van der Waals surface area contributed by atoms with Gasteiger partial charge in [0.2, 0.25) is 11.8 Å². The van der Waals surface area contributed by atoms with Gasteiger partial charge in [-0.1, -0.05) is 0 Å². The molecule has 1 saturated heterocycles. The molecule has 0 aromatic rings. The van der Waals surface area contributed by atoms with E-state index < -0.39 is 17.4 Å². The SMILES string of the molecule is CC(C)(CN1C(=O)CNC1=O)C(=O)NN. The topological polar surface area (TPSA) is 105 Å². The van der Waals surface area contributed by atoms with E-state index in [0.29, 0.717) is 0 Å². The standard InChI is InChI=1S/C8H14N4O3/c1-8(2,6(14)11-9)4-12-5(13)3-10-7(12)15/h3-4,9H2,1-2H3,(H,10,15)(H,11,14). The quantitative estimate of drug-likeness (QED) is 0.231. The first-order valence-electron chi connectivity index (χ1n) is 4.48. The predicted octanol–water partition coefficient (Wildman–Crippen LogP) is -1.45. The van der Waals surface area contributed by atoms with Gasteiger partial charge in [0, 0.05) is 6.54 Å². The fourth-order valence-electron chi connectivity index (χ4n) is 1.28. The molecular weight excluding hydrogens is 200 g/mol. The van der Waals surface area contributed by atoms with E-state index in [1.165, 1.54) is 0 Å². The van der Waals surface area contributed by atoms with Crippen molar-refractivity contribution in [3.63, 3.8) is 0 Å². The number of urea groups is 1. The monoisotopic (exact) mass is 214 g/mol. The summed E-state index contributed by atoms with van der Waals surface area (Å²) in [7, 11) is 0. The summed E-state index contributed by atoms with van der Waals surface area (Å²) in [6.45, 7) is 3.21. The molecule has 7 nitrogen and oxygen atoms in total. The Morgan fingerprint density at radius 2 is 2.20 bits per heavy atom. The van der Waals surface area contributed by atoms with Crippen molar-refractivity contribution in [3.05, 3.63) is 0 Å². The van der Waals surface area contributed by atoms with Gasteiger partial charge in [0.05, 0.1) is 12.0 Å². The average molecular weight is 214 g/mol. The molecule has 84 valence electrons.